The molecule has 7 heteroatoms. The number of hydrogen-bond acceptors (Lipinski definition) is 5. The Labute approximate surface area is 174 Å². The number of benzene rings is 2. The summed E-state index contributed by atoms with van der Waals surface area (Å²) in [5.74, 6) is 0.713. The second-order valence-electron chi connectivity index (χ2n) is 7.88. The Morgan fingerprint density at radius 2 is 1.90 bits per heavy atom. The smallest absolute Gasteiger partial charge is 0.253 e. The fourth-order valence-corrected chi connectivity index (χ4v) is 4.03. The van der Waals surface area contributed by atoms with Crippen molar-refractivity contribution in [2.24, 2.45) is 5.92 Å². The van der Waals surface area contributed by atoms with E-state index >= 15 is 0 Å². The van der Waals surface area contributed by atoms with Gasteiger partial charge in [-0.25, -0.2) is 4.68 Å². The number of fused-ring (bicyclic) bond motifs is 1. The first-order valence-electron chi connectivity index (χ1n) is 10.2. The van der Waals surface area contributed by atoms with Gasteiger partial charge in [0.2, 0.25) is 0 Å². The van der Waals surface area contributed by atoms with Gasteiger partial charge in [0.25, 0.3) is 5.91 Å². The van der Waals surface area contributed by atoms with Crippen molar-refractivity contribution >= 4 is 16.8 Å². The molecule has 1 amide bonds. The van der Waals surface area contributed by atoms with Crippen molar-refractivity contribution in [3.05, 3.63) is 66.6 Å². The molecular formula is C23H22N6O. The molecule has 5 rings (SSSR count). The van der Waals surface area contributed by atoms with Gasteiger partial charge in [0.05, 0.1) is 11.2 Å². The summed E-state index contributed by atoms with van der Waals surface area (Å²) in [6.07, 6.45) is 5.41. The van der Waals surface area contributed by atoms with Crippen LogP contribution in [0.1, 0.15) is 30.1 Å². The topological polar surface area (TPSA) is 76.8 Å². The number of amides is 1. The van der Waals surface area contributed by atoms with Crippen LogP contribution in [0.25, 0.3) is 27.7 Å². The molecular weight excluding hydrogens is 376 g/mol. The molecule has 0 radical (unpaired) electrons. The number of nitrogens with zero attached hydrogens (tertiary/aromatic N) is 6. The molecule has 0 saturated carbocycles. The molecule has 1 saturated heterocycles. The highest BCUT2D eigenvalue weighted by Crippen LogP contribution is 2.30. The second kappa shape index (κ2) is 7.67. The molecule has 2 aromatic carbocycles. The van der Waals surface area contributed by atoms with Gasteiger partial charge in [0.1, 0.15) is 6.33 Å². The number of hydrogen-bond donors (Lipinski definition) is 0. The summed E-state index contributed by atoms with van der Waals surface area (Å²) in [6.45, 7) is 3.83. The summed E-state index contributed by atoms with van der Waals surface area (Å²) >= 11 is 0. The molecule has 150 valence electrons. The molecule has 7 nitrogen and oxygen atoms in total. The van der Waals surface area contributed by atoms with Crippen molar-refractivity contribution in [3.8, 4) is 16.8 Å². The van der Waals surface area contributed by atoms with E-state index in [1.165, 1.54) is 6.33 Å². The van der Waals surface area contributed by atoms with Gasteiger partial charge in [-0.05, 0) is 59.0 Å². The number of tetrazole rings is 1. The molecule has 1 aliphatic heterocycles. The minimum atomic E-state index is 0.0475. The Morgan fingerprint density at radius 3 is 2.70 bits per heavy atom. The average Bonchev–Trinajstić information content (AvgIpc) is 3.33. The Bertz CT molecular complexity index is 1190. The van der Waals surface area contributed by atoms with Gasteiger partial charge in [-0.2, -0.15) is 0 Å². The molecule has 30 heavy (non-hydrogen) atoms. The van der Waals surface area contributed by atoms with Crippen LogP contribution in [-0.2, 0) is 0 Å². The Morgan fingerprint density at radius 1 is 1.07 bits per heavy atom. The maximum atomic E-state index is 13.3. The monoisotopic (exact) mass is 398 g/mol. The number of carbonyl (C=O) groups excluding carboxylic acids is 1. The Kier molecular flexibility index (Phi) is 4.71. The first kappa shape index (κ1) is 18.4. The number of aromatic nitrogens is 5. The standard InChI is InChI=1S/C23H22N6O/c1-16-7-10-28(11-8-16)23(30)19-12-18(13-20(14-19)29-15-25-26-27-29)21-6-2-4-17-5-3-9-24-22(17)21/h2-6,9,12-16H,7-8,10-11H2,1H3. The van der Waals surface area contributed by atoms with Crippen molar-refractivity contribution in [1.29, 1.82) is 0 Å². The number of para-hydroxylation sites is 1. The molecule has 1 aliphatic rings. The highest BCUT2D eigenvalue weighted by molar-refractivity contribution is 5.99. The molecule has 1 fully saturated rings. The van der Waals surface area contributed by atoms with Crippen LogP contribution in [0.4, 0.5) is 0 Å². The molecule has 0 bridgehead atoms. The van der Waals surface area contributed by atoms with E-state index in [-0.39, 0.29) is 5.91 Å². The fourth-order valence-electron chi connectivity index (χ4n) is 4.03. The lowest BCUT2D eigenvalue weighted by Crippen LogP contribution is -2.37. The number of rotatable bonds is 3. The highest BCUT2D eigenvalue weighted by Gasteiger charge is 2.23. The van der Waals surface area contributed by atoms with Crippen molar-refractivity contribution < 1.29 is 4.79 Å². The van der Waals surface area contributed by atoms with Crippen molar-refractivity contribution in [3.63, 3.8) is 0 Å². The van der Waals surface area contributed by atoms with E-state index < -0.39 is 0 Å². The number of carbonyl (C=O) groups is 1. The summed E-state index contributed by atoms with van der Waals surface area (Å²) in [5, 5.41) is 12.6. The van der Waals surface area contributed by atoms with E-state index in [0.717, 1.165) is 53.6 Å². The minimum Gasteiger partial charge on any atom is -0.339 e. The lowest BCUT2D eigenvalue weighted by Gasteiger charge is -2.30. The van der Waals surface area contributed by atoms with Crippen LogP contribution in [0.2, 0.25) is 0 Å². The van der Waals surface area contributed by atoms with Gasteiger partial charge in [0.15, 0.2) is 0 Å². The summed E-state index contributed by atoms with van der Waals surface area (Å²) in [4.78, 5) is 19.9. The maximum Gasteiger partial charge on any atom is 0.253 e. The lowest BCUT2D eigenvalue weighted by molar-refractivity contribution is 0.0697. The Hall–Kier alpha value is -3.61. The van der Waals surface area contributed by atoms with Crippen molar-refractivity contribution in [1.82, 2.24) is 30.1 Å². The normalized spacial score (nSPS) is 14.9. The van der Waals surface area contributed by atoms with E-state index in [9.17, 15) is 4.79 Å². The second-order valence-corrected chi connectivity index (χ2v) is 7.88. The third kappa shape index (κ3) is 3.43. The zero-order valence-electron chi connectivity index (χ0n) is 16.8. The van der Waals surface area contributed by atoms with Crippen LogP contribution in [0, 0.1) is 5.92 Å². The third-order valence-electron chi connectivity index (χ3n) is 5.79. The quantitative estimate of drug-likeness (QED) is 0.525. The Balaban J connectivity index is 1.63. The van der Waals surface area contributed by atoms with Gasteiger partial charge in [-0.1, -0.05) is 31.2 Å². The van der Waals surface area contributed by atoms with Crippen LogP contribution in [0.15, 0.2) is 61.1 Å². The molecule has 0 aliphatic carbocycles. The summed E-state index contributed by atoms with van der Waals surface area (Å²) in [5.41, 5.74) is 4.18. The maximum absolute atomic E-state index is 13.3. The third-order valence-corrected chi connectivity index (χ3v) is 5.79. The SMILES string of the molecule is CC1CCN(C(=O)c2cc(-c3cccc4cccnc34)cc(-n3cnnn3)c2)CC1. The van der Waals surface area contributed by atoms with Crippen LogP contribution >= 0.6 is 0 Å². The van der Waals surface area contributed by atoms with Crippen molar-refractivity contribution in [2.75, 3.05) is 13.1 Å². The highest BCUT2D eigenvalue weighted by atomic mass is 16.2. The molecule has 0 atom stereocenters. The predicted octanol–water partition coefficient (Wildman–Crippen LogP) is 3.75. The van der Waals surface area contributed by atoms with Gasteiger partial charge in [-0.3, -0.25) is 9.78 Å². The lowest BCUT2D eigenvalue weighted by atomic mass is 9.96. The molecule has 0 spiro atoms. The zero-order chi connectivity index (χ0) is 20.5. The van der Waals surface area contributed by atoms with E-state index in [0.29, 0.717) is 11.5 Å². The van der Waals surface area contributed by atoms with Crippen LogP contribution in [0.3, 0.4) is 0 Å². The first-order valence-corrected chi connectivity index (χ1v) is 10.2. The molecule has 0 unspecified atom stereocenters. The molecule has 4 aromatic rings. The van der Waals surface area contributed by atoms with E-state index in [1.54, 1.807) is 10.9 Å². The first-order chi connectivity index (χ1) is 14.7. The minimum absolute atomic E-state index is 0.0475. The van der Waals surface area contributed by atoms with E-state index in [4.69, 9.17) is 0 Å². The van der Waals surface area contributed by atoms with Gasteiger partial charge < -0.3 is 4.90 Å². The number of piperidine rings is 1. The largest absolute Gasteiger partial charge is 0.339 e. The van der Waals surface area contributed by atoms with Crippen LogP contribution < -0.4 is 0 Å². The number of pyridine rings is 1. The van der Waals surface area contributed by atoms with Gasteiger partial charge >= 0.3 is 0 Å². The van der Waals surface area contributed by atoms with E-state index in [1.807, 2.05) is 53.4 Å². The van der Waals surface area contributed by atoms with E-state index in [2.05, 4.69) is 27.4 Å². The van der Waals surface area contributed by atoms with Crippen molar-refractivity contribution in [2.45, 2.75) is 19.8 Å². The van der Waals surface area contributed by atoms with Crippen LogP contribution in [-0.4, -0.2) is 49.1 Å². The number of likely N-dealkylation sites (tertiary alicyclic amines) is 1. The molecule has 3 heterocycles. The zero-order valence-corrected chi connectivity index (χ0v) is 16.8. The summed E-state index contributed by atoms with van der Waals surface area (Å²) < 4.78 is 1.58. The fraction of sp³-hybridized carbons (Fsp3) is 0.261. The molecule has 2 aromatic heterocycles. The predicted molar refractivity (Wildman–Crippen MR) is 114 cm³/mol. The van der Waals surface area contributed by atoms with Gasteiger partial charge in [0, 0.05) is 35.8 Å². The summed E-state index contributed by atoms with van der Waals surface area (Å²) in [6, 6.07) is 15.9. The van der Waals surface area contributed by atoms with Crippen LogP contribution in [0.5, 0.6) is 0 Å². The average molecular weight is 398 g/mol. The van der Waals surface area contributed by atoms with Gasteiger partial charge in [-0.15, -0.1) is 5.10 Å². The molecule has 0 N–H and O–H groups in total. The summed E-state index contributed by atoms with van der Waals surface area (Å²) in [7, 11) is 0.